The van der Waals surface area contributed by atoms with E-state index < -0.39 is 5.60 Å². The van der Waals surface area contributed by atoms with Crippen molar-refractivity contribution in [1.82, 2.24) is 9.80 Å². The molecule has 1 saturated heterocycles. The number of piperazine rings is 1. The van der Waals surface area contributed by atoms with Gasteiger partial charge in [-0.05, 0) is 45.0 Å². The van der Waals surface area contributed by atoms with Gasteiger partial charge < -0.3 is 23.7 Å². The van der Waals surface area contributed by atoms with Crippen molar-refractivity contribution in [2.75, 3.05) is 26.2 Å². The molecule has 7 nitrogen and oxygen atoms in total. The predicted molar refractivity (Wildman–Crippen MR) is 103 cm³/mol. The molecule has 0 atom stereocenters. The summed E-state index contributed by atoms with van der Waals surface area (Å²) in [6.45, 7) is 7.51. The molecular weight excluding hydrogens is 360 g/mol. The van der Waals surface area contributed by atoms with Gasteiger partial charge in [0.25, 0.3) is 5.91 Å². The van der Waals surface area contributed by atoms with Gasteiger partial charge in [0.15, 0.2) is 5.76 Å². The molecule has 2 aromatic rings. The van der Waals surface area contributed by atoms with E-state index in [2.05, 4.69) is 0 Å². The van der Waals surface area contributed by atoms with E-state index in [1.54, 1.807) is 21.9 Å². The lowest BCUT2D eigenvalue weighted by Crippen LogP contribution is -2.51. The van der Waals surface area contributed by atoms with Gasteiger partial charge in [0, 0.05) is 26.2 Å². The van der Waals surface area contributed by atoms with Gasteiger partial charge in [-0.15, -0.1) is 0 Å². The number of nitrogens with zero attached hydrogens (tertiary/aromatic N) is 2. The maximum absolute atomic E-state index is 12.6. The Morgan fingerprint density at radius 1 is 0.964 bits per heavy atom. The first-order valence-electron chi connectivity index (χ1n) is 9.35. The lowest BCUT2D eigenvalue weighted by atomic mass is 10.2. The van der Waals surface area contributed by atoms with E-state index in [1.165, 1.54) is 0 Å². The Kier molecular flexibility index (Phi) is 5.92. The maximum atomic E-state index is 12.6. The monoisotopic (exact) mass is 386 g/mol. The van der Waals surface area contributed by atoms with E-state index in [9.17, 15) is 9.59 Å². The zero-order chi connectivity index (χ0) is 20.1. The summed E-state index contributed by atoms with van der Waals surface area (Å²) in [5.74, 6) is 1.41. The van der Waals surface area contributed by atoms with Crippen molar-refractivity contribution < 1.29 is 23.5 Å². The number of para-hydroxylation sites is 1. The van der Waals surface area contributed by atoms with Crippen LogP contribution in [0, 0.1) is 0 Å². The number of amides is 2. The molecule has 2 heterocycles. The SMILES string of the molecule is CC(C)(C)OC(=O)N1CCN(C(=O)c2ccc(COc3ccccc3)o2)CC1. The summed E-state index contributed by atoms with van der Waals surface area (Å²) in [6.07, 6.45) is -0.349. The molecule has 1 aliphatic heterocycles. The Bertz CT molecular complexity index is 802. The lowest BCUT2D eigenvalue weighted by molar-refractivity contribution is 0.0136. The molecule has 0 unspecified atom stereocenters. The topological polar surface area (TPSA) is 72.2 Å². The van der Waals surface area contributed by atoms with Crippen molar-refractivity contribution in [2.45, 2.75) is 33.0 Å². The molecule has 0 N–H and O–H groups in total. The van der Waals surface area contributed by atoms with Crippen LogP contribution >= 0.6 is 0 Å². The highest BCUT2D eigenvalue weighted by molar-refractivity contribution is 5.91. The first-order valence-corrected chi connectivity index (χ1v) is 9.35. The summed E-state index contributed by atoms with van der Waals surface area (Å²) in [6, 6.07) is 12.8. The number of carbonyl (C=O) groups excluding carboxylic acids is 2. The van der Waals surface area contributed by atoms with Crippen molar-refractivity contribution in [3.8, 4) is 5.75 Å². The summed E-state index contributed by atoms with van der Waals surface area (Å²) < 4.78 is 16.6. The fourth-order valence-electron chi connectivity index (χ4n) is 2.82. The van der Waals surface area contributed by atoms with Crippen LogP contribution in [0.3, 0.4) is 0 Å². The number of hydrogen-bond donors (Lipinski definition) is 0. The summed E-state index contributed by atoms with van der Waals surface area (Å²) >= 11 is 0. The fraction of sp³-hybridized carbons (Fsp3) is 0.429. The molecule has 150 valence electrons. The second-order valence-electron chi connectivity index (χ2n) is 7.63. The third kappa shape index (κ3) is 5.28. The molecule has 1 fully saturated rings. The Balaban J connectivity index is 1.50. The van der Waals surface area contributed by atoms with Crippen LogP contribution in [0.25, 0.3) is 0 Å². The van der Waals surface area contributed by atoms with E-state index in [1.807, 2.05) is 51.1 Å². The fourth-order valence-corrected chi connectivity index (χ4v) is 2.82. The van der Waals surface area contributed by atoms with Crippen LogP contribution in [0.2, 0.25) is 0 Å². The van der Waals surface area contributed by atoms with Crippen LogP contribution in [-0.4, -0.2) is 53.6 Å². The third-order valence-electron chi connectivity index (χ3n) is 4.22. The van der Waals surface area contributed by atoms with Gasteiger partial charge in [-0.3, -0.25) is 4.79 Å². The molecule has 0 aliphatic carbocycles. The van der Waals surface area contributed by atoms with E-state index >= 15 is 0 Å². The van der Waals surface area contributed by atoms with Gasteiger partial charge in [0.05, 0.1) is 0 Å². The minimum Gasteiger partial charge on any atom is -0.486 e. The molecule has 7 heteroatoms. The van der Waals surface area contributed by atoms with Crippen molar-refractivity contribution in [3.63, 3.8) is 0 Å². The van der Waals surface area contributed by atoms with E-state index in [0.717, 1.165) is 5.75 Å². The van der Waals surface area contributed by atoms with Gasteiger partial charge in [-0.25, -0.2) is 4.79 Å². The zero-order valence-electron chi connectivity index (χ0n) is 16.5. The molecule has 1 aliphatic rings. The van der Waals surface area contributed by atoms with Crippen molar-refractivity contribution in [3.05, 3.63) is 54.0 Å². The summed E-state index contributed by atoms with van der Waals surface area (Å²) in [4.78, 5) is 28.1. The van der Waals surface area contributed by atoms with Crippen LogP contribution in [0.5, 0.6) is 5.75 Å². The molecule has 2 amide bonds. The Hall–Kier alpha value is -2.96. The molecule has 1 aromatic carbocycles. The highest BCUT2D eigenvalue weighted by atomic mass is 16.6. The summed E-state index contributed by atoms with van der Waals surface area (Å²) in [7, 11) is 0. The van der Waals surface area contributed by atoms with Gasteiger partial charge in [0.1, 0.15) is 23.7 Å². The second-order valence-corrected chi connectivity index (χ2v) is 7.63. The molecular formula is C21H26N2O5. The second kappa shape index (κ2) is 8.37. The number of ether oxygens (including phenoxy) is 2. The van der Waals surface area contributed by atoms with Crippen molar-refractivity contribution in [1.29, 1.82) is 0 Å². The van der Waals surface area contributed by atoms with Crippen molar-refractivity contribution >= 4 is 12.0 Å². The molecule has 1 aromatic heterocycles. The van der Waals surface area contributed by atoms with E-state index in [-0.39, 0.29) is 24.4 Å². The smallest absolute Gasteiger partial charge is 0.410 e. The van der Waals surface area contributed by atoms with Gasteiger partial charge in [-0.2, -0.15) is 0 Å². The number of benzene rings is 1. The predicted octanol–water partition coefficient (Wildman–Crippen LogP) is 3.55. The highest BCUT2D eigenvalue weighted by Gasteiger charge is 2.29. The molecule has 0 radical (unpaired) electrons. The first kappa shape index (κ1) is 19.8. The van der Waals surface area contributed by atoms with Crippen LogP contribution in [0.4, 0.5) is 4.79 Å². The van der Waals surface area contributed by atoms with Crippen molar-refractivity contribution in [2.24, 2.45) is 0 Å². The summed E-state index contributed by atoms with van der Waals surface area (Å²) in [5.41, 5.74) is -0.531. The van der Waals surface area contributed by atoms with Crippen LogP contribution in [-0.2, 0) is 11.3 Å². The molecule has 3 rings (SSSR count). The Labute approximate surface area is 164 Å². The van der Waals surface area contributed by atoms with E-state index in [4.69, 9.17) is 13.9 Å². The van der Waals surface area contributed by atoms with Crippen LogP contribution in [0.15, 0.2) is 46.9 Å². The number of furan rings is 1. The normalized spacial score (nSPS) is 14.7. The number of hydrogen-bond acceptors (Lipinski definition) is 5. The minimum atomic E-state index is -0.531. The average molecular weight is 386 g/mol. The third-order valence-corrected chi connectivity index (χ3v) is 4.22. The molecule has 0 saturated carbocycles. The molecule has 28 heavy (non-hydrogen) atoms. The lowest BCUT2D eigenvalue weighted by Gasteiger charge is -2.35. The van der Waals surface area contributed by atoms with Crippen LogP contribution in [0.1, 0.15) is 37.1 Å². The highest BCUT2D eigenvalue weighted by Crippen LogP contribution is 2.17. The minimum absolute atomic E-state index is 0.185. The quantitative estimate of drug-likeness (QED) is 0.804. The Morgan fingerprint density at radius 2 is 1.61 bits per heavy atom. The van der Waals surface area contributed by atoms with Crippen LogP contribution < -0.4 is 4.74 Å². The average Bonchev–Trinajstić information content (AvgIpc) is 3.14. The zero-order valence-corrected chi connectivity index (χ0v) is 16.5. The first-order chi connectivity index (χ1) is 13.3. The Morgan fingerprint density at radius 3 is 2.25 bits per heavy atom. The maximum Gasteiger partial charge on any atom is 0.410 e. The van der Waals surface area contributed by atoms with Gasteiger partial charge >= 0.3 is 6.09 Å². The van der Waals surface area contributed by atoms with Gasteiger partial charge in [0.2, 0.25) is 0 Å². The molecule has 0 spiro atoms. The largest absolute Gasteiger partial charge is 0.486 e. The molecule has 0 bridgehead atoms. The summed E-state index contributed by atoms with van der Waals surface area (Å²) in [5, 5.41) is 0. The van der Waals surface area contributed by atoms with E-state index in [0.29, 0.717) is 31.9 Å². The van der Waals surface area contributed by atoms with Gasteiger partial charge in [-0.1, -0.05) is 18.2 Å². The number of rotatable bonds is 4. The standard InChI is InChI=1S/C21H26N2O5/c1-21(2,3)28-20(25)23-13-11-22(12-14-23)19(24)18-10-9-17(27-18)15-26-16-7-5-4-6-8-16/h4-10H,11-15H2,1-3H3. The number of carbonyl (C=O) groups is 2.